The highest BCUT2D eigenvalue weighted by Gasteiger charge is 2.30. The molecule has 1 aromatic heterocycles. The minimum Gasteiger partial charge on any atom is -0.491 e. The van der Waals surface area contributed by atoms with Gasteiger partial charge < -0.3 is 19.5 Å². The molecule has 1 saturated heterocycles. The number of hydrogen-bond acceptors (Lipinski definition) is 7. The number of β-amino-alcohol motifs (C(OH)–C–C–N with tert-alkyl or cyclic N) is 1. The number of rotatable bonds is 5. The highest BCUT2D eigenvalue weighted by Crippen LogP contribution is 2.25. The van der Waals surface area contributed by atoms with Gasteiger partial charge in [-0.15, -0.1) is 11.3 Å². The molecule has 29 heavy (non-hydrogen) atoms. The minimum absolute atomic E-state index is 0.139. The number of aliphatic hydroxyl groups excluding tert-OH is 1. The fourth-order valence-electron chi connectivity index (χ4n) is 3.39. The van der Waals surface area contributed by atoms with Crippen molar-refractivity contribution >= 4 is 27.6 Å². The van der Waals surface area contributed by atoms with Crippen molar-refractivity contribution in [1.82, 2.24) is 14.8 Å². The number of carbonyl (C=O) groups excluding carboxylic acids is 1. The number of benzene rings is 1. The number of ether oxygens (including phenoxy) is 2. The van der Waals surface area contributed by atoms with Crippen molar-refractivity contribution in [2.24, 2.45) is 0 Å². The Balaban J connectivity index is 1.46. The summed E-state index contributed by atoms with van der Waals surface area (Å²) in [6, 6.07) is 5.96. The van der Waals surface area contributed by atoms with Crippen molar-refractivity contribution < 1.29 is 19.4 Å². The number of carbonyl (C=O) groups is 1. The fraction of sp³-hybridized carbons (Fsp3) is 0.619. The highest BCUT2D eigenvalue weighted by atomic mass is 32.1. The van der Waals surface area contributed by atoms with E-state index in [0.29, 0.717) is 31.9 Å². The summed E-state index contributed by atoms with van der Waals surface area (Å²) in [6.45, 7) is 12.2. The molecule has 2 heterocycles. The zero-order chi connectivity index (χ0) is 21.2. The molecular weight excluding hydrogens is 390 g/mol. The van der Waals surface area contributed by atoms with Crippen molar-refractivity contribution in [3.05, 3.63) is 23.2 Å². The molecule has 2 aromatic rings. The van der Waals surface area contributed by atoms with E-state index >= 15 is 0 Å². The number of nitrogens with zero attached hydrogens (tertiary/aromatic N) is 3. The first kappa shape index (κ1) is 21.8. The monoisotopic (exact) mass is 421 g/mol. The Morgan fingerprint density at radius 3 is 2.83 bits per heavy atom. The van der Waals surface area contributed by atoms with Crippen molar-refractivity contribution in [3.63, 3.8) is 0 Å². The van der Waals surface area contributed by atoms with Crippen molar-refractivity contribution in [1.29, 1.82) is 0 Å². The van der Waals surface area contributed by atoms with Gasteiger partial charge in [-0.25, -0.2) is 9.78 Å². The first-order valence-corrected chi connectivity index (χ1v) is 10.8. The Kier molecular flexibility index (Phi) is 6.65. The van der Waals surface area contributed by atoms with Crippen molar-refractivity contribution in [2.75, 3.05) is 32.8 Å². The molecule has 1 N–H and O–H groups in total. The maximum atomic E-state index is 12.3. The van der Waals surface area contributed by atoms with Crippen LogP contribution in [0.25, 0.3) is 10.2 Å². The normalized spacial score (nSPS) is 19.4. The van der Waals surface area contributed by atoms with Crippen LogP contribution in [-0.4, -0.2) is 76.5 Å². The Bertz CT molecular complexity index is 848. The average Bonchev–Trinajstić information content (AvgIpc) is 2.99. The zero-order valence-electron chi connectivity index (χ0n) is 17.8. The lowest BCUT2D eigenvalue weighted by Gasteiger charge is -2.40. The van der Waals surface area contributed by atoms with E-state index in [1.165, 1.54) is 0 Å². The number of amides is 1. The second kappa shape index (κ2) is 8.85. The Hall–Kier alpha value is -1.90. The molecule has 0 unspecified atom stereocenters. The van der Waals surface area contributed by atoms with Gasteiger partial charge in [0.25, 0.3) is 0 Å². The average molecular weight is 422 g/mol. The van der Waals surface area contributed by atoms with Crippen LogP contribution >= 0.6 is 11.3 Å². The Morgan fingerprint density at radius 2 is 2.14 bits per heavy atom. The lowest BCUT2D eigenvalue weighted by molar-refractivity contribution is -0.00608. The second-order valence-corrected chi connectivity index (χ2v) is 9.83. The van der Waals surface area contributed by atoms with Gasteiger partial charge in [0.1, 0.15) is 24.1 Å². The van der Waals surface area contributed by atoms with Gasteiger partial charge in [0.05, 0.1) is 15.2 Å². The zero-order valence-corrected chi connectivity index (χ0v) is 18.7. The van der Waals surface area contributed by atoms with E-state index in [9.17, 15) is 9.90 Å². The lowest BCUT2D eigenvalue weighted by atomic mass is 10.1. The quantitative estimate of drug-likeness (QED) is 0.799. The van der Waals surface area contributed by atoms with Gasteiger partial charge in [-0.1, -0.05) is 0 Å². The fourth-order valence-corrected chi connectivity index (χ4v) is 4.19. The summed E-state index contributed by atoms with van der Waals surface area (Å²) in [4.78, 5) is 20.6. The number of thiazole rings is 1. The van der Waals surface area contributed by atoms with Gasteiger partial charge >= 0.3 is 6.09 Å². The molecule has 0 radical (unpaired) electrons. The molecule has 0 saturated carbocycles. The third-order valence-corrected chi connectivity index (χ3v) is 5.72. The third-order valence-electron chi connectivity index (χ3n) is 4.77. The van der Waals surface area contributed by atoms with Crippen LogP contribution < -0.4 is 4.74 Å². The summed E-state index contributed by atoms with van der Waals surface area (Å²) in [6.07, 6.45) is -0.890. The summed E-state index contributed by atoms with van der Waals surface area (Å²) in [5.74, 6) is 0.713. The molecule has 0 aliphatic carbocycles. The minimum atomic E-state index is -0.613. The summed E-state index contributed by atoms with van der Waals surface area (Å²) < 4.78 is 12.4. The first-order valence-electron chi connectivity index (χ1n) is 10.0. The third kappa shape index (κ3) is 6.04. The molecule has 7 nitrogen and oxygen atoms in total. The molecule has 1 aliphatic heterocycles. The lowest BCUT2D eigenvalue weighted by Crippen LogP contribution is -2.56. The van der Waals surface area contributed by atoms with E-state index < -0.39 is 11.7 Å². The van der Waals surface area contributed by atoms with Crippen molar-refractivity contribution in [3.8, 4) is 5.75 Å². The summed E-state index contributed by atoms with van der Waals surface area (Å²) in [7, 11) is 0. The molecule has 1 aromatic carbocycles. The first-order chi connectivity index (χ1) is 13.6. The summed E-state index contributed by atoms with van der Waals surface area (Å²) in [5.41, 5.74) is 0.428. The van der Waals surface area contributed by atoms with Gasteiger partial charge in [-0.3, -0.25) is 4.90 Å². The van der Waals surface area contributed by atoms with E-state index in [1.807, 2.05) is 45.9 Å². The molecule has 8 heteroatoms. The van der Waals surface area contributed by atoms with Gasteiger partial charge in [0.15, 0.2) is 0 Å². The van der Waals surface area contributed by atoms with E-state index in [4.69, 9.17) is 9.47 Å². The molecule has 1 fully saturated rings. The largest absolute Gasteiger partial charge is 0.491 e. The van der Waals surface area contributed by atoms with E-state index in [2.05, 4.69) is 16.8 Å². The van der Waals surface area contributed by atoms with Crippen LogP contribution in [0.3, 0.4) is 0 Å². The number of aryl methyl sites for hydroxylation is 1. The SMILES string of the molecule is Cc1nc2cc(OC[C@@H](O)CN3CCN(C(=O)OC(C)(C)C)C[C@@H]3C)ccc2s1. The molecule has 1 aliphatic rings. The van der Waals surface area contributed by atoms with E-state index in [0.717, 1.165) is 15.2 Å². The number of aliphatic hydroxyl groups is 1. The standard InChI is InChI=1S/C21H31N3O4S/c1-14-11-24(20(26)28-21(3,4)5)9-8-23(14)12-16(25)13-27-17-6-7-19-18(10-17)22-15(2)29-19/h6-7,10,14,16,25H,8-9,11-13H2,1-5H3/t14-,16-/m0/s1. The van der Waals surface area contributed by atoms with Crippen LogP contribution in [0.1, 0.15) is 32.7 Å². The number of aromatic nitrogens is 1. The van der Waals surface area contributed by atoms with E-state index in [-0.39, 0.29) is 18.7 Å². The smallest absolute Gasteiger partial charge is 0.410 e. The van der Waals surface area contributed by atoms with Gasteiger partial charge in [-0.05, 0) is 46.8 Å². The predicted molar refractivity (Wildman–Crippen MR) is 115 cm³/mol. The van der Waals surface area contributed by atoms with Crippen LogP contribution in [0.2, 0.25) is 0 Å². The molecule has 160 valence electrons. The highest BCUT2D eigenvalue weighted by molar-refractivity contribution is 7.18. The maximum Gasteiger partial charge on any atom is 0.410 e. The van der Waals surface area contributed by atoms with Crippen LogP contribution in [0, 0.1) is 6.92 Å². The van der Waals surface area contributed by atoms with Crippen LogP contribution in [0.5, 0.6) is 5.75 Å². The Labute approximate surface area is 176 Å². The van der Waals surface area contributed by atoms with Crippen LogP contribution in [0.15, 0.2) is 18.2 Å². The molecule has 0 bridgehead atoms. The van der Waals surface area contributed by atoms with Crippen LogP contribution in [0.4, 0.5) is 4.79 Å². The summed E-state index contributed by atoms with van der Waals surface area (Å²) >= 11 is 1.65. The number of fused-ring (bicyclic) bond motifs is 1. The Morgan fingerprint density at radius 1 is 1.38 bits per heavy atom. The van der Waals surface area contributed by atoms with E-state index in [1.54, 1.807) is 16.2 Å². The number of hydrogen-bond donors (Lipinski definition) is 1. The van der Waals surface area contributed by atoms with Gasteiger partial charge in [0.2, 0.25) is 0 Å². The van der Waals surface area contributed by atoms with Gasteiger partial charge in [-0.2, -0.15) is 0 Å². The van der Waals surface area contributed by atoms with Crippen LogP contribution in [-0.2, 0) is 4.74 Å². The molecule has 0 spiro atoms. The maximum absolute atomic E-state index is 12.3. The topological polar surface area (TPSA) is 75.1 Å². The second-order valence-electron chi connectivity index (χ2n) is 8.60. The van der Waals surface area contributed by atoms with Crippen molar-refractivity contribution in [2.45, 2.75) is 52.4 Å². The number of piperazine rings is 1. The molecule has 3 rings (SSSR count). The van der Waals surface area contributed by atoms with Gasteiger partial charge in [0, 0.05) is 38.3 Å². The molecule has 2 atom stereocenters. The molecule has 1 amide bonds. The summed E-state index contributed by atoms with van der Waals surface area (Å²) in [5, 5.41) is 11.5. The molecular formula is C21H31N3O4S. The predicted octanol–water partition coefficient (Wildman–Crippen LogP) is 3.29.